The minimum absolute atomic E-state index is 0.133. The van der Waals surface area contributed by atoms with Crippen molar-refractivity contribution in [1.29, 1.82) is 5.26 Å². The zero-order valence-corrected chi connectivity index (χ0v) is 11.4. The molecule has 1 aromatic carbocycles. The Hall–Kier alpha value is -1.74. The van der Waals surface area contributed by atoms with E-state index in [1.54, 1.807) is 6.07 Å². The second kappa shape index (κ2) is 6.35. The molecule has 0 radical (unpaired) electrons. The number of alkyl halides is 3. The largest absolute Gasteiger partial charge is 0.490 e. The molecule has 3 nitrogen and oxygen atoms in total. The maximum absolute atomic E-state index is 12.9. The summed E-state index contributed by atoms with van der Waals surface area (Å²) in [6.07, 6.45) is -1.66. The van der Waals surface area contributed by atoms with Crippen molar-refractivity contribution in [1.82, 2.24) is 0 Å². The summed E-state index contributed by atoms with van der Waals surface area (Å²) in [5, 5.41) is 17.8. The van der Waals surface area contributed by atoms with Crippen LogP contribution in [0.2, 0.25) is 0 Å². The first kappa shape index (κ1) is 15.6. The van der Waals surface area contributed by atoms with Crippen molar-refractivity contribution in [3.63, 3.8) is 0 Å². The maximum atomic E-state index is 12.9. The molecular weight excluding hydrogens is 283 g/mol. The molecule has 21 heavy (non-hydrogen) atoms. The number of hydrogen-bond acceptors (Lipinski definition) is 3. The van der Waals surface area contributed by atoms with Crippen molar-refractivity contribution in [2.24, 2.45) is 5.92 Å². The quantitative estimate of drug-likeness (QED) is 0.929. The van der Waals surface area contributed by atoms with Crippen LogP contribution in [0.5, 0.6) is 5.75 Å². The van der Waals surface area contributed by atoms with Gasteiger partial charge in [-0.25, -0.2) is 0 Å². The fourth-order valence-corrected chi connectivity index (χ4v) is 2.55. The second-order valence-electron chi connectivity index (χ2n) is 5.26. The van der Waals surface area contributed by atoms with Crippen LogP contribution < -0.4 is 4.74 Å². The summed E-state index contributed by atoms with van der Waals surface area (Å²) in [4.78, 5) is 0. The van der Waals surface area contributed by atoms with Crippen LogP contribution in [0, 0.1) is 17.2 Å². The highest BCUT2D eigenvalue weighted by molar-refractivity contribution is 5.44. The summed E-state index contributed by atoms with van der Waals surface area (Å²) in [5.41, 5.74) is -1.37. The molecule has 1 aliphatic rings. The number of benzene rings is 1. The van der Waals surface area contributed by atoms with E-state index in [4.69, 9.17) is 15.1 Å². The Bertz CT molecular complexity index is 529. The predicted molar refractivity (Wildman–Crippen MR) is 69.6 cm³/mol. The van der Waals surface area contributed by atoms with Crippen LogP contribution in [-0.2, 0) is 6.18 Å². The van der Waals surface area contributed by atoms with Gasteiger partial charge in [0.2, 0.25) is 0 Å². The van der Waals surface area contributed by atoms with Crippen molar-refractivity contribution in [3.05, 3.63) is 29.3 Å². The molecule has 0 heterocycles. The van der Waals surface area contributed by atoms with Gasteiger partial charge in [0, 0.05) is 6.61 Å². The van der Waals surface area contributed by atoms with E-state index in [9.17, 15) is 13.2 Å². The first-order valence-electron chi connectivity index (χ1n) is 6.83. The van der Waals surface area contributed by atoms with Crippen molar-refractivity contribution in [2.75, 3.05) is 6.61 Å². The van der Waals surface area contributed by atoms with Gasteiger partial charge in [0.1, 0.15) is 5.75 Å². The Balaban J connectivity index is 2.10. The SMILES string of the molecule is N#Cc1ccc(OC2CCC(CO)CC2)cc1C(F)(F)F. The van der Waals surface area contributed by atoms with E-state index in [0.29, 0.717) is 12.8 Å². The average Bonchev–Trinajstić information content (AvgIpc) is 2.47. The number of ether oxygens (including phenoxy) is 1. The van der Waals surface area contributed by atoms with E-state index in [1.807, 2.05) is 0 Å². The third-order valence-corrected chi connectivity index (χ3v) is 3.77. The molecule has 0 spiro atoms. The lowest BCUT2D eigenvalue weighted by Crippen LogP contribution is -2.25. The average molecular weight is 299 g/mol. The van der Waals surface area contributed by atoms with Crippen molar-refractivity contribution in [2.45, 2.75) is 38.0 Å². The normalized spacial score (nSPS) is 22.6. The van der Waals surface area contributed by atoms with E-state index < -0.39 is 17.3 Å². The smallest absolute Gasteiger partial charge is 0.417 e. The highest BCUT2D eigenvalue weighted by Crippen LogP contribution is 2.35. The number of nitriles is 1. The van der Waals surface area contributed by atoms with E-state index >= 15 is 0 Å². The summed E-state index contributed by atoms with van der Waals surface area (Å²) >= 11 is 0. The number of aliphatic hydroxyl groups is 1. The number of hydrogen-bond donors (Lipinski definition) is 1. The summed E-state index contributed by atoms with van der Waals surface area (Å²) in [5.74, 6) is 0.394. The van der Waals surface area contributed by atoms with Gasteiger partial charge in [-0.05, 0) is 49.8 Å². The number of nitrogens with zero attached hydrogens (tertiary/aromatic N) is 1. The summed E-state index contributed by atoms with van der Waals surface area (Å²) in [6, 6.07) is 4.96. The Kier molecular flexibility index (Phi) is 4.73. The first-order chi connectivity index (χ1) is 9.94. The summed E-state index contributed by atoms with van der Waals surface area (Å²) in [7, 11) is 0. The number of aliphatic hydroxyl groups excluding tert-OH is 1. The molecule has 1 aromatic rings. The molecule has 1 N–H and O–H groups in total. The van der Waals surface area contributed by atoms with Gasteiger partial charge in [-0.2, -0.15) is 18.4 Å². The lowest BCUT2D eigenvalue weighted by Gasteiger charge is -2.28. The van der Waals surface area contributed by atoms with Gasteiger partial charge in [0.25, 0.3) is 0 Å². The number of halogens is 3. The van der Waals surface area contributed by atoms with Crippen LogP contribution in [0.25, 0.3) is 0 Å². The van der Waals surface area contributed by atoms with Gasteiger partial charge in [-0.15, -0.1) is 0 Å². The molecule has 1 fully saturated rings. The van der Waals surface area contributed by atoms with Gasteiger partial charge in [-0.1, -0.05) is 0 Å². The maximum Gasteiger partial charge on any atom is 0.417 e. The van der Waals surface area contributed by atoms with Crippen LogP contribution in [0.3, 0.4) is 0 Å². The molecule has 0 amide bonds. The van der Waals surface area contributed by atoms with Gasteiger partial charge in [0.05, 0.1) is 23.3 Å². The fourth-order valence-electron chi connectivity index (χ4n) is 2.55. The van der Waals surface area contributed by atoms with Crippen molar-refractivity contribution >= 4 is 0 Å². The van der Waals surface area contributed by atoms with Crippen LogP contribution in [0.1, 0.15) is 36.8 Å². The fraction of sp³-hybridized carbons (Fsp3) is 0.533. The molecule has 1 aliphatic carbocycles. The van der Waals surface area contributed by atoms with E-state index in [2.05, 4.69) is 0 Å². The van der Waals surface area contributed by atoms with Crippen LogP contribution >= 0.6 is 0 Å². The van der Waals surface area contributed by atoms with E-state index in [1.165, 1.54) is 6.07 Å². The summed E-state index contributed by atoms with van der Waals surface area (Å²) < 4.78 is 44.2. The zero-order valence-electron chi connectivity index (χ0n) is 11.4. The van der Waals surface area contributed by atoms with Crippen LogP contribution in [-0.4, -0.2) is 17.8 Å². The van der Waals surface area contributed by atoms with Crippen LogP contribution in [0.15, 0.2) is 18.2 Å². The first-order valence-corrected chi connectivity index (χ1v) is 6.83. The van der Waals surface area contributed by atoms with Crippen molar-refractivity contribution < 1.29 is 23.0 Å². The molecule has 0 unspecified atom stereocenters. The molecule has 0 aliphatic heterocycles. The molecule has 6 heteroatoms. The highest BCUT2D eigenvalue weighted by atomic mass is 19.4. The lowest BCUT2D eigenvalue weighted by molar-refractivity contribution is -0.137. The molecule has 0 saturated heterocycles. The third kappa shape index (κ3) is 3.88. The van der Waals surface area contributed by atoms with Gasteiger partial charge >= 0.3 is 6.18 Å². The van der Waals surface area contributed by atoms with Gasteiger partial charge in [0.15, 0.2) is 0 Å². The molecule has 114 valence electrons. The molecule has 0 bridgehead atoms. The second-order valence-corrected chi connectivity index (χ2v) is 5.26. The predicted octanol–water partition coefficient (Wildman–Crippen LogP) is 3.51. The van der Waals surface area contributed by atoms with E-state index in [-0.39, 0.29) is 24.4 Å². The lowest BCUT2D eigenvalue weighted by atomic mass is 9.88. The minimum Gasteiger partial charge on any atom is -0.490 e. The molecule has 0 aromatic heterocycles. The Morgan fingerprint density at radius 2 is 1.90 bits per heavy atom. The zero-order chi connectivity index (χ0) is 15.5. The van der Waals surface area contributed by atoms with E-state index in [0.717, 1.165) is 25.0 Å². The third-order valence-electron chi connectivity index (χ3n) is 3.77. The Labute approximate surface area is 121 Å². The van der Waals surface area contributed by atoms with Crippen molar-refractivity contribution in [3.8, 4) is 11.8 Å². The number of rotatable bonds is 3. The van der Waals surface area contributed by atoms with Gasteiger partial charge in [-0.3, -0.25) is 0 Å². The Morgan fingerprint density at radius 1 is 1.24 bits per heavy atom. The molecule has 0 atom stereocenters. The highest BCUT2D eigenvalue weighted by Gasteiger charge is 2.34. The minimum atomic E-state index is -4.57. The standard InChI is InChI=1S/C15H16F3NO2/c16-15(17,18)14-7-13(6-3-11(14)8-19)21-12-4-1-10(9-20)2-5-12/h3,6-7,10,12,20H,1-2,4-5,9H2. The topological polar surface area (TPSA) is 53.2 Å². The van der Waals surface area contributed by atoms with Gasteiger partial charge < -0.3 is 9.84 Å². The molecular formula is C15H16F3NO2. The molecule has 2 rings (SSSR count). The molecule has 1 saturated carbocycles. The van der Waals surface area contributed by atoms with Crippen LogP contribution in [0.4, 0.5) is 13.2 Å². The Morgan fingerprint density at radius 3 is 2.43 bits per heavy atom. The monoisotopic (exact) mass is 299 g/mol. The summed E-state index contributed by atoms with van der Waals surface area (Å²) in [6.45, 7) is 0.141.